The first kappa shape index (κ1) is 26.3. The summed E-state index contributed by atoms with van der Waals surface area (Å²) in [7, 11) is 1.55. The van der Waals surface area contributed by atoms with Gasteiger partial charge in [0, 0.05) is 26.1 Å². The standard InChI is InChI=1S/C26H37N3O4S/c1-16(17(2)23(30)14-33-5)18(3)26(32)29-12-6-7-22(29)25(31)27-13-20-8-10-21(11-9-20)24-19(4)28-15-34-24/h8-11,15-18,22-23,30H,6-7,12-14H2,1-5H3,(H,27,31). The molecular formula is C26H37N3O4S. The quantitative estimate of drug-likeness (QED) is 0.534. The van der Waals surface area contributed by atoms with Gasteiger partial charge >= 0.3 is 0 Å². The van der Waals surface area contributed by atoms with Crippen LogP contribution in [0.1, 0.15) is 44.9 Å². The summed E-state index contributed by atoms with van der Waals surface area (Å²) in [5, 5.41) is 13.3. The molecule has 0 bridgehead atoms. The van der Waals surface area contributed by atoms with Crippen molar-refractivity contribution < 1.29 is 19.4 Å². The van der Waals surface area contributed by atoms with Crippen LogP contribution in [0.15, 0.2) is 29.8 Å². The van der Waals surface area contributed by atoms with Crippen LogP contribution in [0.5, 0.6) is 0 Å². The summed E-state index contributed by atoms with van der Waals surface area (Å²) in [5.41, 5.74) is 4.99. The molecule has 1 fully saturated rings. The number of hydrogen-bond acceptors (Lipinski definition) is 6. The monoisotopic (exact) mass is 487 g/mol. The molecule has 0 spiro atoms. The Labute approximate surface area is 206 Å². The molecule has 1 aliphatic rings. The fourth-order valence-corrected chi connectivity index (χ4v) is 5.39. The van der Waals surface area contributed by atoms with Crippen LogP contribution in [0.2, 0.25) is 0 Å². The predicted molar refractivity (Wildman–Crippen MR) is 134 cm³/mol. The number of carbonyl (C=O) groups excluding carboxylic acids is 2. The van der Waals surface area contributed by atoms with Gasteiger partial charge < -0.3 is 20.1 Å². The van der Waals surface area contributed by atoms with E-state index in [4.69, 9.17) is 4.74 Å². The van der Waals surface area contributed by atoms with Crippen molar-refractivity contribution in [3.8, 4) is 10.4 Å². The Bertz CT molecular complexity index is 961. The molecule has 2 aromatic rings. The second-order valence-electron chi connectivity index (χ2n) is 9.40. The molecule has 2 N–H and O–H groups in total. The first-order valence-electron chi connectivity index (χ1n) is 12.0. The predicted octanol–water partition coefficient (Wildman–Crippen LogP) is 3.64. The number of thiazole rings is 1. The fraction of sp³-hybridized carbons (Fsp3) is 0.577. The molecule has 0 saturated carbocycles. The Morgan fingerprint density at radius 1 is 1.24 bits per heavy atom. The maximum Gasteiger partial charge on any atom is 0.243 e. The van der Waals surface area contributed by atoms with E-state index in [2.05, 4.69) is 22.4 Å². The molecule has 1 aliphatic heterocycles. The van der Waals surface area contributed by atoms with Gasteiger partial charge in [0.05, 0.1) is 28.8 Å². The van der Waals surface area contributed by atoms with Gasteiger partial charge in [-0.3, -0.25) is 9.59 Å². The van der Waals surface area contributed by atoms with E-state index in [9.17, 15) is 14.7 Å². The molecule has 7 nitrogen and oxygen atoms in total. The van der Waals surface area contributed by atoms with Crippen LogP contribution in [-0.4, -0.2) is 59.2 Å². The van der Waals surface area contributed by atoms with E-state index in [0.717, 1.165) is 28.1 Å². The summed E-state index contributed by atoms with van der Waals surface area (Å²) in [5.74, 6) is -0.558. The molecule has 2 heterocycles. The Balaban J connectivity index is 1.57. The van der Waals surface area contributed by atoms with Gasteiger partial charge in [-0.15, -0.1) is 11.3 Å². The number of methoxy groups -OCH3 is 1. The summed E-state index contributed by atoms with van der Waals surface area (Å²) in [6.07, 6.45) is 0.860. The third-order valence-corrected chi connectivity index (χ3v) is 8.20. The van der Waals surface area contributed by atoms with E-state index < -0.39 is 12.1 Å². The molecule has 8 heteroatoms. The number of aryl methyl sites for hydroxylation is 1. The van der Waals surface area contributed by atoms with Crippen LogP contribution in [0, 0.1) is 24.7 Å². The minimum atomic E-state index is -0.626. The van der Waals surface area contributed by atoms with Gasteiger partial charge in [-0.05, 0) is 42.7 Å². The van der Waals surface area contributed by atoms with E-state index in [1.54, 1.807) is 23.3 Å². The first-order chi connectivity index (χ1) is 16.2. The van der Waals surface area contributed by atoms with Gasteiger partial charge in [0.1, 0.15) is 6.04 Å². The second kappa shape index (κ2) is 11.9. The van der Waals surface area contributed by atoms with E-state index in [0.29, 0.717) is 19.5 Å². The van der Waals surface area contributed by atoms with Gasteiger partial charge in [-0.1, -0.05) is 45.0 Å². The van der Waals surface area contributed by atoms with Gasteiger partial charge in [-0.25, -0.2) is 4.98 Å². The van der Waals surface area contributed by atoms with E-state index in [-0.39, 0.29) is 36.2 Å². The maximum atomic E-state index is 13.3. The average Bonchev–Trinajstić information content (AvgIpc) is 3.50. The largest absolute Gasteiger partial charge is 0.390 e. The van der Waals surface area contributed by atoms with Crippen LogP contribution in [0.25, 0.3) is 10.4 Å². The van der Waals surface area contributed by atoms with Crippen LogP contribution >= 0.6 is 11.3 Å². The summed E-state index contributed by atoms with van der Waals surface area (Å²) in [6.45, 7) is 9.06. The molecule has 0 radical (unpaired) electrons. The number of amides is 2. The van der Waals surface area contributed by atoms with Crippen molar-refractivity contribution in [1.82, 2.24) is 15.2 Å². The van der Waals surface area contributed by atoms with E-state index in [1.165, 1.54) is 0 Å². The Hall–Kier alpha value is -2.29. The number of aliphatic hydroxyl groups is 1. The molecule has 1 aromatic carbocycles. The third kappa shape index (κ3) is 6.03. The lowest BCUT2D eigenvalue weighted by Crippen LogP contribution is -2.49. The number of rotatable bonds is 10. The zero-order valence-corrected chi connectivity index (χ0v) is 21.6. The van der Waals surface area contributed by atoms with Crippen LogP contribution in [0.3, 0.4) is 0 Å². The minimum Gasteiger partial charge on any atom is -0.390 e. The molecule has 5 unspecified atom stereocenters. The van der Waals surface area contributed by atoms with Crippen molar-refractivity contribution >= 4 is 23.2 Å². The Morgan fingerprint density at radius 3 is 2.56 bits per heavy atom. The molecule has 1 saturated heterocycles. The molecule has 2 amide bonds. The van der Waals surface area contributed by atoms with Gasteiger partial charge in [0.15, 0.2) is 0 Å². The zero-order valence-electron chi connectivity index (χ0n) is 20.8. The lowest BCUT2D eigenvalue weighted by atomic mass is 9.81. The number of aromatic nitrogens is 1. The van der Waals surface area contributed by atoms with Crippen molar-refractivity contribution in [2.24, 2.45) is 17.8 Å². The number of hydrogen-bond donors (Lipinski definition) is 2. The molecule has 3 rings (SSSR count). The summed E-state index contributed by atoms with van der Waals surface area (Å²) in [6, 6.07) is 7.69. The number of nitrogens with zero attached hydrogens (tertiary/aromatic N) is 2. The molecule has 1 aromatic heterocycles. The van der Waals surface area contributed by atoms with Gasteiger partial charge in [0.2, 0.25) is 11.8 Å². The minimum absolute atomic E-state index is 0.0223. The van der Waals surface area contributed by atoms with Crippen molar-refractivity contribution in [1.29, 1.82) is 0 Å². The molecule has 186 valence electrons. The van der Waals surface area contributed by atoms with Crippen molar-refractivity contribution in [3.63, 3.8) is 0 Å². The van der Waals surface area contributed by atoms with Crippen LogP contribution < -0.4 is 5.32 Å². The van der Waals surface area contributed by atoms with Crippen LogP contribution in [0.4, 0.5) is 0 Å². The third-order valence-electron chi connectivity index (χ3n) is 7.22. The lowest BCUT2D eigenvalue weighted by Gasteiger charge is -2.33. The van der Waals surface area contributed by atoms with Crippen LogP contribution in [-0.2, 0) is 20.9 Å². The summed E-state index contributed by atoms with van der Waals surface area (Å²) < 4.78 is 5.06. The van der Waals surface area contributed by atoms with E-state index >= 15 is 0 Å². The second-order valence-corrected chi connectivity index (χ2v) is 10.3. The fourth-order valence-electron chi connectivity index (χ4n) is 4.58. The SMILES string of the molecule is COCC(O)C(C)C(C)C(C)C(=O)N1CCCC1C(=O)NCc1ccc(-c2scnc2C)cc1. The first-order valence-corrected chi connectivity index (χ1v) is 12.9. The Morgan fingerprint density at radius 2 is 1.94 bits per heavy atom. The average molecular weight is 488 g/mol. The lowest BCUT2D eigenvalue weighted by molar-refractivity contribution is -0.143. The van der Waals surface area contributed by atoms with Gasteiger partial charge in [0.25, 0.3) is 0 Å². The van der Waals surface area contributed by atoms with Gasteiger partial charge in [-0.2, -0.15) is 0 Å². The number of aliphatic hydroxyl groups excluding tert-OH is 1. The zero-order chi connectivity index (χ0) is 24.8. The molecule has 5 atom stereocenters. The molecule has 34 heavy (non-hydrogen) atoms. The highest BCUT2D eigenvalue weighted by molar-refractivity contribution is 7.13. The number of carbonyl (C=O) groups is 2. The Kier molecular flexibility index (Phi) is 9.22. The van der Waals surface area contributed by atoms with Crippen molar-refractivity contribution in [3.05, 3.63) is 41.0 Å². The number of nitrogens with one attached hydrogen (secondary N) is 1. The van der Waals surface area contributed by atoms with E-state index in [1.807, 2.05) is 45.3 Å². The topological polar surface area (TPSA) is 91.8 Å². The summed E-state index contributed by atoms with van der Waals surface area (Å²) >= 11 is 1.62. The molecule has 0 aliphatic carbocycles. The number of likely N-dealkylation sites (tertiary alicyclic amines) is 1. The highest BCUT2D eigenvalue weighted by Crippen LogP contribution is 2.29. The van der Waals surface area contributed by atoms with Crippen molar-refractivity contribution in [2.75, 3.05) is 20.3 Å². The highest BCUT2D eigenvalue weighted by Gasteiger charge is 2.38. The highest BCUT2D eigenvalue weighted by atomic mass is 32.1. The molecular weight excluding hydrogens is 450 g/mol. The number of benzene rings is 1. The number of ether oxygens (including phenoxy) is 1. The maximum absolute atomic E-state index is 13.3. The smallest absolute Gasteiger partial charge is 0.243 e. The van der Waals surface area contributed by atoms with Crippen molar-refractivity contribution in [2.45, 2.75) is 59.2 Å². The normalized spacial score (nSPS) is 19.5. The summed E-state index contributed by atoms with van der Waals surface area (Å²) in [4.78, 5) is 33.4.